The monoisotopic (exact) mass is 573 g/mol. The number of carboxylic acid groups (broad SMARTS) is 1. The second-order valence-corrected chi connectivity index (χ2v) is 10.7. The first-order valence-electron chi connectivity index (χ1n) is 13.5. The normalized spacial score (nSPS) is 12.8. The summed E-state index contributed by atoms with van der Waals surface area (Å²) in [5.74, 6) is -1.99. The fourth-order valence-corrected chi connectivity index (χ4v) is 4.84. The zero-order chi connectivity index (χ0) is 28.2. The Labute approximate surface area is 240 Å². The van der Waals surface area contributed by atoms with Gasteiger partial charge in [-0.05, 0) is 72.6 Å². The molecule has 210 valence electrons. The van der Waals surface area contributed by atoms with Crippen LogP contribution in [0.3, 0.4) is 0 Å². The fraction of sp³-hybridized carbons (Fsp3) is 0.419. The maximum Gasteiger partial charge on any atom is 0.335 e. The van der Waals surface area contributed by atoms with Crippen LogP contribution in [0.2, 0.25) is 10.0 Å². The lowest BCUT2D eigenvalue weighted by atomic mass is 10.0. The molecule has 0 aliphatic heterocycles. The van der Waals surface area contributed by atoms with Crippen molar-refractivity contribution in [1.82, 2.24) is 4.90 Å². The van der Waals surface area contributed by atoms with Crippen LogP contribution in [0.1, 0.15) is 49.7 Å². The zero-order valence-corrected chi connectivity index (χ0v) is 23.8. The van der Waals surface area contributed by atoms with Gasteiger partial charge in [0.15, 0.2) is 12.2 Å². The second-order valence-electron chi connectivity index (χ2n) is 9.89. The molecule has 3 rings (SSSR count). The smallest absolute Gasteiger partial charge is 0.335 e. The van der Waals surface area contributed by atoms with Gasteiger partial charge in [-0.3, -0.25) is 4.79 Å². The van der Waals surface area contributed by atoms with Gasteiger partial charge < -0.3 is 19.8 Å². The van der Waals surface area contributed by atoms with Crippen molar-refractivity contribution in [3.63, 3.8) is 0 Å². The summed E-state index contributed by atoms with van der Waals surface area (Å²) < 4.78 is 5.60. The highest BCUT2D eigenvalue weighted by Gasteiger charge is 2.34. The maximum absolute atomic E-state index is 12.9. The van der Waals surface area contributed by atoms with Crippen molar-refractivity contribution in [3.8, 4) is 0 Å². The molecular formula is C31H37Cl2NO5. The van der Waals surface area contributed by atoms with Gasteiger partial charge in [0.1, 0.15) is 0 Å². The molecule has 3 aromatic carbocycles. The van der Waals surface area contributed by atoms with Gasteiger partial charge in [-0.2, -0.15) is 0 Å². The summed E-state index contributed by atoms with van der Waals surface area (Å²) in [5, 5.41) is 22.9. The number of hydrogen-bond acceptors (Lipinski definition) is 4. The molecule has 0 aliphatic carbocycles. The minimum atomic E-state index is -1.91. The Morgan fingerprint density at radius 3 is 2.15 bits per heavy atom. The number of fused-ring (bicyclic) bond motifs is 1. The lowest BCUT2D eigenvalue weighted by molar-refractivity contribution is -0.166. The molecule has 0 aliphatic rings. The molecule has 0 aromatic heterocycles. The predicted molar refractivity (Wildman–Crippen MR) is 157 cm³/mol. The van der Waals surface area contributed by atoms with Gasteiger partial charge in [0, 0.05) is 20.2 Å². The van der Waals surface area contributed by atoms with Crippen LogP contribution in [0.4, 0.5) is 0 Å². The van der Waals surface area contributed by atoms with Crippen molar-refractivity contribution >= 4 is 45.9 Å². The number of amides is 1. The quantitative estimate of drug-likeness (QED) is 0.189. The highest BCUT2D eigenvalue weighted by molar-refractivity contribution is 6.42. The molecule has 39 heavy (non-hydrogen) atoms. The number of likely N-dealkylation sites (N-methyl/N-ethyl adjacent to an activating group) is 1. The summed E-state index contributed by atoms with van der Waals surface area (Å²) in [6, 6.07) is 20.3. The van der Waals surface area contributed by atoms with Crippen LogP contribution in [-0.2, 0) is 27.2 Å². The van der Waals surface area contributed by atoms with E-state index in [1.165, 1.54) is 21.2 Å². The van der Waals surface area contributed by atoms with Crippen LogP contribution < -0.4 is 0 Å². The number of aliphatic carboxylic acids is 1. The van der Waals surface area contributed by atoms with Crippen molar-refractivity contribution in [3.05, 3.63) is 81.8 Å². The highest BCUT2D eigenvalue weighted by Crippen LogP contribution is 2.23. The van der Waals surface area contributed by atoms with Gasteiger partial charge in [-0.25, -0.2) is 4.79 Å². The zero-order valence-electron chi connectivity index (χ0n) is 22.3. The molecule has 0 spiro atoms. The van der Waals surface area contributed by atoms with Gasteiger partial charge in [0.2, 0.25) is 0 Å². The van der Waals surface area contributed by atoms with E-state index in [2.05, 4.69) is 30.3 Å². The molecule has 0 unspecified atom stereocenters. The molecule has 0 fully saturated rings. The molecule has 0 saturated heterocycles. The molecule has 2 N–H and O–H groups in total. The van der Waals surface area contributed by atoms with E-state index < -0.39 is 24.1 Å². The number of nitrogens with zero attached hydrogens (tertiary/aromatic N) is 1. The summed E-state index contributed by atoms with van der Waals surface area (Å²) in [6.07, 6.45) is 3.45. The number of aliphatic hydroxyl groups excluding tert-OH is 1. The number of carbonyl (C=O) groups is 2. The minimum Gasteiger partial charge on any atom is -0.479 e. The lowest BCUT2D eigenvalue weighted by Crippen LogP contribution is -2.48. The van der Waals surface area contributed by atoms with Crippen LogP contribution in [0, 0.1) is 0 Å². The maximum atomic E-state index is 12.9. The number of aliphatic hydroxyl groups is 1. The summed E-state index contributed by atoms with van der Waals surface area (Å²) in [4.78, 5) is 25.8. The highest BCUT2D eigenvalue weighted by atomic mass is 35.5. The Morgan fingerprint density at radius 1 is 0.821 bits per heavy atom. The second kappa shape index (κ2) is 15.8. The van der Waals surface area contributed by atoms with Crippen LogP contribution in [0.5, 0.6) is 0 Å². The first-order chi connectivity index (χ1) is 18.8. The van der Waals surface area contributed by atoms with Crippen molar-refractivity contribution in [2.45, 2.75) is 63.6 Å². The molecule has 0 bridgehead atoms. The molecule has 0 heterocycles. The topological polar surface area (TPSA) is 87.1 Å². The molecule has 2 atom stereocenters. The minimum absolute atomic E-state index is 0.182. The first-order valence-corrected chi connectivity index (χ1v) is 14.2. The van der Waals surface area contributed by atoms with Gasteiger partial charge >= 0.3 is 5.97 Å². The summed E-state index contributed by atoms with van der Waals surface area (Å²) >= 11 is 12.0. The Morgan fingerprint density at radius 2 is 1.46 bits per heavy atom. The van der Waals surface area contributed by atoms with E-state index in [9.17, 15) is 19.8 Å². The Balaban J connectivity index is 1.37. The third kappa shape index (κ3) is 9.80. The van der Waals surface area contributed by atoms with Crippen LogP contribution in [0.25, 0.3) is 10.8 Å². The fourth-order valence-electron chi connectivity index (χ4n) is 4.52. The van der Waals surface area contributed by atoms with E-state index in [0.29, 0.717) is 23.0 Å². The molecule has 8 heteroatoms. The van der Waals surface area contributed by atoms with Crippen molar-refractivity contribution in [2.75, 3.05) is 20.2 Å². The SMILES string of the molecule is CN(CCCCCc1ccc2ccccc2c1)C(=O)[C@H](OCCCCCc1ccc(Cl)c(Cl)c1)[C@@H](O)C(=O)O. The number of unbranched alkanes of at least 4 members (excludes halogenated alkanes) is 4. The number of ether oxygens (including phenoxy) is 1. The average Bonchev–Trinajstić information content (AvgIpc) is 2.93. The van der Waals surface area contributed by atoms with Crippen molar-refractivity contribution in [2.24, 2.45) is 0 Å². The van der Waals surface area contributed by atoms with E-state index in [4.69, 9.17) is 27.9 Å². The van der Waals surface area contributed by atoms with Crippen molar-refractivity contribution in [1.29, 1.82) is 0 Å². The predicted octanol–water partition coefficient (Wildman–Crippen LogP) is 6.56. The molecule has 1 amide bonds. The number of halogens is 2. The summed E-state index contributed by atoms with van der Waals surface area (Å²) in [6.45, 7) is 0.647. The van der Waals surface area contributed by atoms with Gasteiger partial charge in [-0.1, -0.05) is 84.6 Å². The number of rotatable bonds is 16. The molecule has 0 radical (unpaired) electrons. The van der Waals surface area contributed by atoms with E-state index in [-0.39, 0.29) is 6.61 Å². The van der Waals surface area contributed by atoms with Crippen LogP contribution in [-0.4, -0.2) is 59.4 Å². The standard InChI is InChI=1S/C31H37Cl2NO5/c1-34(18-8-2-4-10-22-14-16-24-12-6-7-13-25(24)20-22)30(36)29(28(35)31(37)38)39-19-9-3-5-11-23-15-17-26(32)27(33)21-23/h6-7,12-17,20-21,28-29,35H,2-5,8-11,18-19H2,1H3,(H,37,38)/t28-,29-/m1/s1. The molecular weight excluding hydrogens is 537 g/mol. The average molecular weight is 575 g/mol. The number of benzene rings is 3. The number of aryl methyl sites for hydroxylation is 2. The largest absolute Gasteiger partial charge is 0.479 e. The third-order valence-corrected chi connectivity index (χ3v) is 7.56. The first kappa shape index (κ1) is 30.9. The van der Waals surface area contributed by atoms with E-state index in [0.717, 1.165) is 50.5 Å². The van der Waals surface area contributed by atoms with Crippen LogP contribution in [0.15, 0.2) is 60.7 Å². The molecule has 3 aromatic rings. The van der Waals surface area contributed by atoms with Gasteiger partial charge in [0.05, 0.1) is 10.0 Å². The van der Waals surface area contributed by atoms with Crippen molar-refractivity contribution < 1.29 is 24.5 Å². The molecule has 6 nitrogen and oxygen atoms in total. The van der Waals surface area contributed by atoms with E-state index in [1.54, 1.807) is 13.1 Å². The number of carbonyl (C=O) groups excluding carboxylic acids is 1. The van der Waals surface area contributed by atoms with E-state index in [1.807, 2.05) is 24.3 Å². The van der Waals surface area contributed by atoms with E-state index >= 15 is 0 Å². The Bertz CT molecular complexity index is 1230. The lowest BCUT2D eigenvalue weighted by Gasteiger charge is -2.25. The van der Waals surface area contributed by atoms with Gasteiger partial charge in [0.25, 0.3) is 5.91 Å². The number of hydrogen-bond donors (Lipinski definition) is 2. The summed E-state index contributed by atoms with van der Waals surface area (Å²) in [7, 11) is 1.62. The number of carboxylic acids is 1. The third-order valence-electron chi connectivity index (χ3n) is 6.82. The summed E-state index contributed by atoms with van der Waals surface area (Å²) in [5.41, 5.74) is 2.37. The Kier molecular flexibility index (Phi) is 12.5. The Hall–Kier alpha value is -2.64. The van der Waals surface area contributed by atoms with Gasteiger partial charge in [-0.15, -0.1) is 0 Å². The van der Waals surface area contributed by atoms with Crippen LogP contribution >= 0.6 is 23.2 Å². The molecule has 0 saturated carbocycles.